The number of nitrogens with one attached hydrogen (secondary N) is 3. The summed E-state index contributed by atoms with van der Waals surface area (Å²) < 4.78 is 16.4. The summed E-state index contributed by atoms with van der Waals surface area (Å²) in [5.74, 6) is -0.0535. The first-order valence-corrected chi connectivity index (χ1v) is 12.3. The Hall–Kier alpha value is -4.27. The van der Waals surface area contributed by atoms with Gasteiger partial charge in [0.2, 0.25) is 5.91 Å². The van der Waals surface area contributed by atoms with Gasteiger partial charge in [-0.1, -0.05) is 36.4 Å². The van der Waals surface area contributed by atoms with Gasteiger partial charge < -0.3 is 29.8 Å². The Bertz CT molecular complexity index is 1280. The zero-order valence-corrected chi connectivity index (χ0v) is 20.9. The number of amides is 2. The van der Waals surface area contributed by atoms with Crippen LogP contribution in [0.25, 0.3) is 10.9 Å². The van der Waals surface area contributed by atoms with Crippen LogP contribution in [0.3, 0.4) is 0 Å². The number of H-pyrrole nitrogens is 1. The molecule has 9 nitrogen and oxygen atoms in total. The molecule has 194 valence electrons. The van der Waals surface area contributed by atoms with E-state index in [2.05, 4.69) is 15.6 Å². The van der Waals surface area contributed by atoms with Crippen LogP contribution in [-0.4, -0.2) is 49.1 Å². The molecule has 4 rings (SSSR count). The predicted octanol–water partition coefficient (Wildman–Crippen LogP) is 3.50. The van der Waals surface area contributed by atoms with Gasteiger partial charge in [-0.05, 0) is 37.5 Å². The van der Waals surface area contributed by atoms with Gasteiger partial charge in [0.1, 0.15) is 12.3 Å². The van der Waals surface area contributed by atoms with Crippen LogP contribution < -0.4 is 20.1 Å². The van der Waals surface area contributed by atoms with Crippen LogP contribution in [0.4, 0.5) is 0 Å². The highest BCUT2D eigenvalue weighted by molar-refractivity contribution is 5.99. The molecule has 3 aromatic rings. The van der Waals surface area contributed by atoms with Gasteiger partial charge in [0.25, 0.3) is 5.91 Å². The first-order chi connectivity index (χ1) is 18.0. The summed E-state index contributed by atoms with van der Waals surface area (Å²) in [6, 6.07) is 14.6. The molecule has 0 bridgehead atoms. The minimum Gasteiger partial charge on any atom is -0.493 e. The van der Waals surface area contributed by atoms with Gasteiger partial charge in [-0.2, -0.15) is 0 Å². The lowest BCUT2D eigenvalue weighted by molar-refractivity contribution is -0.137. The molecule has 3 N–H and O–H groups in total. The lowest BCUT2D eigenvalue weighted by Gasteiger charge is -2.17. The van der Waals surface area contributed by atoms with Crippen molar-refractivity contribution in [3.8, 4) is 11.5 Å². The van der Waals surface area contributed by atoms with E-state index >= 15 is 0 Å². The van der Waals surface area contributed by atoms with Crippen LogP contribution in [0, 0.1) is 5.92 Å². The Morgan fingerprint density at radius 3 is 2.68 bits per heavy atom. The summed E-state index contributed by atoms with van der Waals surface area (Å²) in [5.41, 5.74) is 2.07. The van der Waals surface area contributed by atoms with Crippen molar-refractivity contribution in [2.24, 2.45) is 5.92 Å². The molecular weight excluding hydrogens is 474 g/mol. The molecule has 1 aliphatic heterocycles. The van der Waals surface area contributed by atoms with Crippen molar-refractivity contribution in [3.05, 3.63) is 71.9 Å². The summed E-state index contributed by atoms with van der Waals surface area (Å²) in [5, 5.41) is 6.50. The number of fused-ring (bicyclic) bond motifs is 1. The van der Waals surface area contributed by atoms with Gasteiger partial charge in [0.05, 0.1) is 13.7 Å². The number of aromatic amines is 1. The standard InChI is InChI=1S/C28H31N3O6/c1-3-36-26(32)10-9-21(13-19-11-12-29-27(19)33)30-28(34)23-14-20-15-24(35-2)25(16-22(20)31-23)37-17-18-7-5-4-6-8-18/h4-10,14-16,19,21,31H,3,11-13,17H2,1-2H3,(H,29,33)(H,30,34)/b10-9+/t19-,21+/m0/s1. The van der Waals surface area contributed by atoms with E-state index in [1.54, 1.807) is 32.2 Å². The number of aromatic nitrogens is 1. The zero-order chi connectivity index (χ0) is 26.2. The van der Waals surface area contributed by atoms with Gasteiger partial charge in [-0.15, -0.1) is 0 Å². The maximum atomic E-state index is 13.1. The molecule has 0 spiro atoms. The summed E-state index contributed by atoms with van der Waals surface area (Å²) >= 11 is 0. The molecule has 1 aliphatic rings. The van der Waals surface area contributed by atoms with Crippen molar-refractivity contribution >= 4 is 28.7 Å². The van der Waals surface area contributed by atoms with Crippen molar-refractivity contribution in [2.75, 3.05) is 20.3 Å². The Morgan fingerprint density at radius 1 is 1.16 bits per heavy atom. The highest BCUT2D eigenvalue weighted by Gasteiger charge is 2.27. The molecule has 2 heterocycles. The maximum Gasteiger partial charge on any atom is 0.330 e. The number of carbonyl (C=O) groups is 3. The average molecular weight is 506 g/mol. The number of esters is 1. The molecule has 1 aromatic heterocycles. The fourth-order valence-electron chi connectivity index (χ4n) is 4.26. The number of ether oxygens (including phenoxy) is 3. The van der Waals surface area contributed by atoms with E-state index in [0.29, 0.717) is 48.7 Å². The molecule has 1 fully saturated rings. The molecule has 2 amide bonds. The van der Waals surface area contributed by atoms with Crippen LogP contribution in [0.2, 0.25) is 0 Å². The first-order valence-electron chi connectivity index (χ1n) is 12.3. The molecule has 0 aliphatic carbocycles. The van der Waals surface area contributed by atoms with Crippen LogP contribution in [0.5, 0.6) is 11.5 Å². The molecule has 2 aromatic carbocycles. The van der Waals surface area contributed by atoms with E-state index in [1.165, 1.54) is 6.08 Å². The molecule has 0 saturated carbocycles. The maximum absolute atomic E-state index is 13.1. The van der Waals surface area contributed by atoms with Crippen molar-refractivity contribution in [1.29, 1.82) is 0 Å². The molecule has 37 heavy (non-hydrogen) atoms. The third kappa shape index (κ3) is 6.69. The number of rotatable bonds is 11. The number of hydrogen-bond donors (Lipinski definition) is 3. The summed E-state index contributed by atoms with van der Waals surface area (Å²) in [6.45, 7) is 2.95. The number of methoxy groups -OCH3 is 1. The predicted molar refractivity (Wildman–Crippen MR) is 138 cm³/mol. The van der Waals surface area contributed by atoms with Gasteiger partial charge in [0.15, 0.2) is 11.5 Å². The van der Waals surface area contributed by atoms with Crippen molar-refractivity contribution in [3.63, 3.8) is 0 Å². The normalized spacial score (nSPS) is 15.9. The summed E-state index contributed by atoms with van der Waals surface area (Å²) in [7, 11) is 1.57. The highest BCUT2D eigenvalue weighted by atomic mass is 16.5. The van der Waals surface area contributed by atoms with E-state index < -0.39 is 12.0 Å². The molecule has 2 atom stereocenters. The van der Waals surface area contributed by atoms with E-state index in [-0.39, 0.29) is 24.3 Å². The molecule has 0 radical (unpaired) electrons. The highest BCUT2D eigenvalue weighted by Crippen LogP contribution is 2.33. The van der Waals surface area contributed by atoms with Gasteiger partial charge in [0, 0.05) is 41.5 Å². The monoisotopic (exact) mass is 505 g/mol. The number of benzene rings is 2. The lowest BCUT2D eigenvalue weighted by Crippen LogP contribution is -2.36. The second kappa shape index (κ2) is 12.1. The second-order valence-electron chi connectivity index (χ2n) is 8.75. The zero-order valence-electron chi connectivity index (χ0n) is 20.9. The average Bonchev–Trinajstić information content (AvgIpc) is 3.51. The Balaban J connectivity index is 1.51. The van der Waals surface area contributed by atoms with Crippen LogP contribution in [-0.2, 0) is 20.9 Å². The molecule has 1 saturated heterocycles. The molecular formula is C28H31N3O6. The van der Waals surface area contributed by atoms with E-state index in [4.69, 9.17) is 14.2 Å². The third-order valence-corrected chi connectivity index (χ3v) is 6.16. The summed E-state index contributed by atoms with van der Waals surface area (Å²) in [6.07, 6.45) is 3.91. The minimum atomic E-state index is -0.531. The molecule has 0 unspecified atom stereocenters. The fourth-order valence-corrected chi connectivity index (χ4v) is 4.26. The Kier molecular flexibility index (Phi) is 8.45. The van der Waals surface area contributed by atoms with Crippen molar-refractivity contribution in [1.82, 2.24) is 15.6 Å². The quantitative estimate of drug-likeness (QED) is 0.271. The van der Waals surface area contributed by atoms with E-state index in [0.717, 1.165) is 10.9 Å². The van der Waals surface area contributed by atoms with Crippen LogP contribution in [0.15, 0.2) is 60.7 Å². The van der Waals surface area contributed by atoms with Gasteiger partial charge in [-0.3, -0.25) is 9.59 Å². The van der Waals surface area contributed by atoms with Crippen LogP contribution in [0.1, 0.15) is 35.8 Å². The van der Waals surface area contributed by atoms with Crippen LogP contribution >= 0.6 is 0 Å². The van der Waals surface area contributed by atoms with Crippen molar-refractivity contribution in [2.45, 2.75) is 32.4 Å². The van der Waals surface area contributed by atoms with Crippen molar-refractivity contribution < 1.29 is 28.6 Å². The number of hydrogen-bond acceptors (Lipinski definition) is 6. The van der Waals surface area contributed by atoms with Gasteiger partial charge in [-0.25, -0.2) is 4.79 Å². The third-order valence-electron chi connectivity index (χ3n) is 6.16. The van der Waals surface area contributed by atoms with E-state index in [1.807, 2.05) is 36.4 Å². The number of carbonyl (C=O) groups excluding carboxylic acids is 3. The van der Waals surface area contributed by atoms with Gasteiger partial charge >= 0.3 is 5.97 Å². The largest absolute Gasteiger partial charge is 0.493 e. The summed E-state index contributed by atoms with van der Waals surface area (Å²) in [4.78, 5) is 40.2. The first kappa shape index (κ1) is 25.8. The lowest BCUT2D eigenvalue weighted by atomic mass is 9.98. The fraction of sp³-hybridized carbons (Fsp3) is 0.321. The minimum absolute atomic E-state index is 0.0514. The smallest absolute Gasteiger partial charge is 0.330 e. The molecule has 9 heteroatoms. The topological polar surface area (TPSA) is 119 Å². The van der Waals surface area contributed by atoms with E-state index in [9.17, 15) is 14.4 Å². The Labute approximate surface area is 215 Å². The Morgan fingerprint density at radius 2 is 1.97 bits per heavy atom. The SMILES string of the molecule is CCOC(=O)/C=C/[C@H](C[C@@H]1CCNC1=O)NC(=O)c1cc2cc(OC)c(OCc3ccccc3)cc2[nH]1. The second-order valence-corrected chi connectivity index (χ2v) is 8.75.